The minimum atomic E-state index is -0.221. The molecule has 1 aliphatic heterocycles. The molecular formula is C19H36N4O3. The number of amides is 1. The molecule has 1 heterocycles. The number of carbonyl (C=O) groups excluding carboxylic acids is 2. The number of nitrogens with zero attached hydrogens (tertiary/aromatic N) is 2. The van der Waals surface area contributed by atoms with Gasteiger partial charge in [-0.1, -0.05) is 12.8 Å². The summed E-state index contributed by atoms with van der Waals surface area (Å²) in [6.45, 7) is 7.77. The van der Waals surface area contributed by atoms with Gasteiger partial charge < -0.3 is 20.7 Å². The van der Waals surface area contributed by atoms with E-state index in [-0.39, 0.29) is 11.9 Å². The summed E-state index contributed by atoms with van der Waals surface area (Å²) < 4.78 is 4.92. The van der Waals surface area contributed by atoms with Crippen molar-refractivity contribution >= 4 is 17.8 Å². The van der Waals surface area contributed by atoms with Crippen molar-refractivity contribution in [2.24, 2.45) is 16.6 Å². The van der Waals surface area contributed by atoms with Crippen LogP contribution < -0.4 is 11.1 Å². The Labute approximate surface area is 157 Å². The lowest BCUT2D eigenvalue weighted by Crippen LogP contribution is -2.47. The van der Waals surface area contributed by atoms with Crippen molar-refractivity contribution in [1.29, 1.82) is 0 Å². The Morgan fingerprint density at radius 1 is 1.23 bits per heavy atom. The summed E-state index contributed by atoms with van der Waals surface area (Å²) >= 11 is 0. The van der Waals surface area contributed by atoms with Gasteiger partial charge in [0, 0.05) is 39.0 Å². The van der Waals surface area contributed by atoms with E-state index in [0.29, 0.717) is 25.4 Å². The highest BCUT2D eigenvalue weighted by molar-refractivity contribution is 5.80. The van der Waals surface area contributed by atoms with Gasteiger partial charge in [0.15, 0.2) is 5.96 Å². The van der Waals surface area contributed by atoms with Crippen molar-refractivity contribution in [2.75, 3.05) is 32.8 Å². The number of hydrogen-bond acceptors (Lipinski definition) is 4. The Balaban J connectivity index is 2.32. The average Bonchev–Trinajstić information content (AvgIpc) is 2.60. The normalized spacial score (nSPS) is 17.8. The Bertz CT molecular complexity index is 454. The molecule has 7 heteroatoms. The highest BCUT2D eigenvalue weighted by Crippen LogP contribution is 2.19. The van der Waals surface area contributed by atoms with Gasteiger partial charge in [0.1, 0.15) is 0 Å². The van der Waals surface area contributed by atoms with E-state index in [4.69, 9.17) is 15.5 Å². The summed E-state index contributed by atoms with van der Waals surface area (Å²) in [6.07, 6.45) is 7.06. The molecule has 1 unspecified atom stereocenters. The molecule has 1 aliphatic rings. The average molecular weight is 369 g/mol. The number of esters is 1. The van der Waals surface area contributed by atoms with E-state index in [2.05, 4.69) is 17.1 Å². The number of likely N-dealkylation sites (tertiary alicyclic amines) is 1. The second-order valence-corrected chi connectivity index (χ2v) is 6.83. The molecule has 0 bridgehead atoms. The number of aliphatic imine (C=N–C) groups is 1. The van der Waals surface area contributed by atoms with Crippen LogP contribution in [0.1, 0.15) is 65.2 Å². The monoisotopic (exact) mass is 368 g/mol. The van der Waals surface area contributed by atoms with Crippen LogP contribution in [0.15, 0.2) is 4.99 Å². The largest absolute Gasteiger partial charge is 0.466 e. The van der Waals surface area contributed by atoms with Crippen LogP contribution in [-0.2, 0) is 14.3 Å². The summed E-state index contributed by atoms with van der Waals surface area (Å²) in [7, 11) is 0. The van der Waals surface area contributed by atoms with Gasteiger partial charge in [-0.3, -0.25) is 14.6 Å². The number of primary amides is 1. The van der Waals surface area contributed by atoms with Crippen molar-refractivity contribution in [1.82, 2.24) is 10.2 Å². The van der Waals surface area contributed by atoms with Gasteiger partial charge in [0.2, 0.25) is 5.91 Å². The fourth-order valence-electron chi connectivity index (χ4n) is 3.29. The van der Waals surface area contributed by atoms with Crippen molar-refractivity contribution in [3.63, 3.8) is 0 Å². The Kier molecular flexibility index (Phi) is 11.5. The minimum Gasteiger partial charge on any atom is -0.466 e. The van der Waals surface area contributed by atoms with E-state index in [1.807, 2.05) is 6.92 Å². The second-order valence-electron chi connectivity index (χ2n) is 6.83. The first-order valence-corrected chi connectivity index (χ1v) is 10.0. The number of rotatable bonds is 11. The molecule has 0 aliphatic carbocycles. The van der Waals surface area contributed by atoms with Crippen LogP contribution in [0.3, 0.4) is 0 Å². The molecule has 1 rings (SSSR count). The van der Waals surface area contributed by atoms with Crippen molar-refractivity contribution < 1.29 is 14.3 Å². The fourth-order valence-corrected chi connectivity index (χ4v) is 3.29. The Morgan fingerprint density at radius 2 is 2.00 bits per heavy atom. The third-order valence-electron chi connectivity index (χ3n) is 4.50. The maximum Gasteiger partial charge on any atom is 0.305 e. The molecule has 1 saturated heterocycles. The van der Waals surface area contributed by atoms with E-state index >= 15 is 0 Å². The Morgan fingerprint density at radius 3 is 2.69 bits per heavy atom. The minimum absolute atomic E-state index is 0.101. The molecule has 3 N–H and O–H groups in total. The number of ether oxygens (including phenoxy) is 1. The van der Waals surface area contributed by atoms with Crippen molar-refractivity contribution in [3.8, 4) is 0 Å². The number of carbonyl (C=O) groups is 2. The second kappa shape index (κ2) is 13.4. The smallest absolute Gasteiger partial charge is 0.305 e. The fraction of sp³-hybridized carbons (Fsp3) is 0.842. The topological polar surface area (TPSA) is 97.0 Å². The third kappa shape index (κ3) is 9.63. The van der Waals surface area contributed by atoms with Crippen LogP contribution in [0.4, 0.5) is 0 Å². The molecule has 0 aromatic carbocycles. The summed E-state index contributed by atoms with van der Waals surface area (Å²) in [6, 6.07) is 0. The van der Waals surface area contributed by atoms with E-state index in [1.54, 1.807) is 0 Å². The summed E-state index contributed by atoms with van der Waals surface area (Å²) in [5.74, 6) is 0.943. The quantitative estimate of drug-likeness (QED) is 0.252. The van der Waals surface area contributed by atoms with Gasteiger partial charge >= 0.3 is 5.97 Å². The van der Waals surface area contributed by atoms with E-state index in [1.165, 1.54) is 0 Å². The molecule has 1 atom stereocenters. The number of nitrogens with two attached hydrogens (primary N) is 1. The predicted molar refractivity (Wildman–Crippen MR) is 104 cm³/mol. The number of piperidine rings is 1. The van der Waals surface area contributed by atoms with E-state index < -0.39 is 0 Å². The number of nitrogens with one attached hydrogen (secondary N) is 1. The first kappa shape index (κ1) is 22.3. The lowest BCUT2D eigenvalue weighted by atomic mass is 9.95. The maximum atomic E-state index is 11.3. The highest BCUT2D eigenvalue weighted by Gasteiger charge is 2.23. The Hall–Kier alpha value is -1.79. The zero-order valence-corrected chi connectivity index (χ0v) is 16.5. The van der Waals surface area contributed by atoms with Gasteiger partial charge in [0.05, 0.1) is 6.61 Å². The van der Waals surface area contributed by atoms with Gasteiger partial charge in [-0.25, -0.2) is 0 Å². The molecule has 0 aromatic heterocycles. The first-order valence-electron chi connectivity index (χ1n) is 10.0. The summed E-state index contributed by atoms with van der Waals surface area (Å²) in [4.78, 5) is 29.4. The van der Waals surface area contributed by atoms with Gasteiger partial charge in [-0.05, 0) is 45.4 Å². The van der Waals surface area contributed by atoms with Crippen LogP contribution in [0.5, 0.6) is 0 Å². The molecule has 1 amide bonds. The zero-order valence-electron chi connectivity index (χ0n) is 16.5. The van der Waals surface area contributed by atoms with Crippen molar-refractivity contribution in [3.05, 3.63) is 0 Å². The molecular weight excluding hydrogens is 332 g/mol. The lowest BCUT2D eigenvalue weighted by molar-refractivity contribution is -0.143. The van der Waals surface area contributed by atoms with Crippen LogP contribution >= 0.6 is 0 Å². The predicted octanol–water partition coefficient (Wildman–Crippen LogP) is 2.05. The van der Waals surface area contributed by atoms with Crippen LogP contribution in [0, 0.1) is 5.92 Å². The molecule has 26 heavy (non-hydrogen) atoms. The molecule has 7 nitrogen and oxygen atoms in total. The zero-order chi connectivity index (χ0) is 19.2. The van der Waals surface area contributed by atoms with Gasteiger partial charge in [-0.15, -0.1) is 0 Å². The lowest BCUT2D eigenvalue weighted by Gasteiger charge is -2.34. The molecule has 1 fully saturated rings. The van der Waals surface area contributed by atoms with Gasteiger partial charge in [0.25, 0.3) is 0 Å². The van der Waals surface area contributed by atoms with Crippen LogP contribution in [0.25, 0.3) is 0 Å². The van der Waals surface area contributed by atoms with Crippen molar-refractivity contribution in [2.45, 2.75) is 65.2 Å². The third-order valence-corrected chi connectivity index (χ3v) is 4.50. The summed E-state index contributed by atoms with van der Waals surface area (Å²) in [5.41, 5.74) is 5.34. The number of unbranched alkanes of at least 4 members (excludes halogenated alkanes) is 3. The van der Waals surface area contributed by atoms with Gasteiger partial charge in [-0.2, -0.15) is 0 Å². The molecule has 0 radical (unpaired) electrons. The van der Waals surface area contributed by atoms with E-state index in [0.717, 1.165) is 70.7 Å². The molecule has 0 spiro atoms. The SMILES string of the molecule is CCNC(=NCCCCCCC(=O)OCC)N1CCCC(CC(N)=O)C1. The molecule has 0 saturated carbocycles. The molecule has 150 valence electrons. The standard InChI is InChI=1S/C19H36N4O3/c1-3-21-19(23-13-9-10-16(15-23)14-17(20)24)22-12-8-6-5-7-11-18(25)26-4-2/h16H,3-15H2,1-2H3,(H2,20,24)(H,21,22). The summed E-state index contributed by atoms with van der Waals surface area (Å²) in [5, 5.41) is 3.36. The number of guanidine groups is 1. The maximum absolute atomic E-state index is 11.3. The first-order chi connectivity index (χ1) is 12.6. The number of hydrogen-bond donors (Lipinski definition) is 2. The van der Waals surface area contributed by atoms with E-state index in [9.17, 15) is 9.59 Å². The van der Waals surface area contributed by atoms with Crippen LogP contribution in [0.2, 0.25) is 0 Å². The molecule has 0 aromatic rings. The highest BCUT2D eigenvalue weighted by atomic mass is 16.5. The van der Waals surface area contributed by atoms with Crippen LogP contribution in [-0.4, -0.2) is 55.5 Å².